The molecule has 0 saturated heterocycles. The van der Waals surface area contributed by atoms with Crippen LogP contribution in [0.3, 0.4) is 0 Å². The molecule has 2 heterocycles. The third kappa shape index (κ3) is 5.22. The van der Waals surface area contributed by atoms with Crippen LogP contribution in [-0.2, 0) is 11.2 Å². The first-order valence-electron chi connectivity index (χ1n) is 7.77. The van der Waals surface area contributed by atoms with E-state index in [-0.39, 0.29) is 18.2 Å². The number of aromatic nitrogens is 2. The van der Waals surface area contributed by atoms with Crippen LogP contribution in [0.4, 0.5) is 5.13 Å². The summed E-state index contributed by atoms with van der Waals surface area (Å²) in [5.74, 6) is 0.495. The van der Waals surface area contributed by atoms with Crippen molar-refractivity contribution in [1.29, 1.82) is 0 Å². The number of anilines is 1. The van der Waals surface area contributed by atoms with Crippen LogP contribution in [0.25, 0.3) is 0 Å². The molecule has 0 aliphatic heterocycles. The number of benzene rings is 1. The Morgan fingerprint density at radius 1 is 1.26 bits per heavy atom. The van der Waals surface area contributed by atoms with Crippen molar-refractivity contribution in [2.24, 2.45) is 5.10 Å². The van der Waals surface area contributed by atoms with Crippen molar-refractivity contribution in [1.82, 2.24) is 15.6 Å². The van der Waals surface area contributed by atoms with Crippen LogP contribution in [0.1, 0.15) is 21.1 Å². The van der Waals surface area contributed by atoms with E-state index in [2.05, 4.69) is 26.0 Å². The molecule has 0 aliphatic carbocycles. The molecule has 3 aromatic rings. The summed E-state index contributed by atoms with van der Waals surface area (Å²) in [4.78, 5) is 24.0. The highest BCUT2D eigenvalue weighted by molar-refractivity contribution is 7.15. The van der Waals surface area contributed by atoms with Crippen molar-refractivity contribution >= 4 is 34.5 Å². The van der Waals surface area contributed by atoms with Gasteiger partial charge in [-0.3, -0.25) is 14.9 Å². The van der Waals surface area contributed by atoms with Crippen LogP contribution in [0.5, 0.6) is 5.75 Å². The lowest BCUT2D eigenvalue weighted by atomic mass is 10.2. The molecule has 3 rings (SSSR count). The predicted molar refractivity (Wildman–Crippen MR) is 99.0 cm³/mol. The topological polar surface area (TPSA) is 119 Å². The summed E-state index contributed by atoms with van der Waals surface area (Å²) in [7, 11) is 1.55. The van der Waals surface area contributed by atoms with Crippen molar-refractivity contribution in [3.8, 4) is 5.75 Å². The molecular weight excluding hydrogens is 370 g/mol. The summed E-state index contributed by atoms with van der Waals surface area (Å²) in [5.41, 5.74) is 2.82. The Morgan fingerprint density at radius 3 is 2.78 bits per heavy atom. The highest BCUT2D eigenvalue weighted by Gasteiger charge is 2.12. The molecule has 138 valence electrons. The monoisotopic (exact) mass is 385 g/mol. The minimum Gasteiger partial charge on any atom is -0.497 e. The molecule has 27 heavy (non-hydrogen) atoms. The van der Waals surface area contributed by atoms with Gasteiger partial charge in [-0.1, -0.05) is 11.3 Å². The quantitative estimate of drug-likeness (QED) is 0.475. The number of methoxy groups -OCH3 is 1. The summed E-state index contributed by atoms with van der Waals surface area (Å²) in [6.07, 6.45) is 2.89. The van der Waals surface area contributed by atoms with Gasteiger partial charge in [-0.25, -0.2) is 5.43 Å². The zero-order valence-corrected chi connectivity index (χ0v) is 15.0. The molecule has 0 atom stereocenters. The molecule has 0 unspecified atom stereocenters. The fraction of sp³-hybridized carbons (Fsp3) is 0.118. The predicted octanol–water partition coefficient (Wildman–Crippen LogP) is 2.08. The van der Waals surface area contributed by atoms with E-state index in [4.69, 9.17) is 9.15 Å². The van der Waals surface area contributed by atoms with Gasteiger partial charge in [0.05, 0.1) is 26.0 Å². The second-order valence-electron chi connectivity index (χ2n) is 5.17. The van der Waals surface area contributed by atoms with Gasteiger partial charge in [0.1, 0.15) is 16.5 Å². The highest BCUT2D eigenvalue weighted by Crippen LogP contribution is 2.18. The molecule has 10 heteroatoms. The maximum atomic E-state index is 12.2. The van der Waals surface area contributed by atoms with E-state index in [1.807, 2.05) is 0 Å². The van der Waals surface area contributed by atoms with E-state index in [1.165, 1.54) is 12.5 Å². The van der Waals surface area contributed by atoms with Crippen LogP contribution >= 0.6 is 11.3 Å². The molecular formula is C17H15N5O4S. The Morgan fingerprint density at radius 2 is 2.07 bits per heavy atom. The number of carbonyl (C=O) groups is 2. The fourth-order valence-electron chi connectivity index (χ4n) is 2.00. The molecule has 1 aromatic carbocycles. The van der Waals surface area contributed by atoms with Crippen molar-refractivity contribution in [2.75, 3.05) is 12.4 Å². The lowest BCUT2D eigenvalue weighted by Gasteiger charge is -2.02. The maximum Gasteiger partial charge on any atom is 0.257 e. The van der Waals surface area contributed by atoms with Crippen LogP contribution < -0.4 is 15.5 Å². The number of furan rings is 1. The first-order chi connectivity index (χ1) is 13.1. The van der Waals surface area contributed by atoms with Gasteiger partial charge in [-0.2, -0.15) is 5.10 Å². The average Bonchev–Trinajstić information content (AvgIpc) is 3.34. The largest absolute Gasteiger partial charge is 0.497 e. The smallest absolute Gasteiger partial charge is 0.257 e. The van der Waals surface area contributed by atoms with E-state index in [9.17, 15) is 9.59 Å². The third-order valence-corrected chi connectivity index (χ3v) is 4.11. The number of nitrogens with zero attached hydrogens (tertiary/aromatic N) is 3. The van der Waals surface area contributed by atoms with Crippen LogP contribution in [0.15, 0.2) is 52.2 Å². The van der Waals surface area contributed by atoms with Gasteiger partial charge in [-0.15, -0.1) is 10.2 Å². The van der Waals surface area contributed by atoms with Gasteiger partial charge >= 0.3 is 0 Å². The number of nitrogens with one attached hydrogen (secondary N) is 2. The number of carbonyl (C=O) groups excluding carboxylic acids is 2. The summed E-state index contributed by atoms with van der Waals surface area (Å²) in [5, 5.41) is 14.9. The number of rotatable bonds is 7. The Hall–Kier alpha value is -3.53. The molecule has 2 aromatic heterocycles. The molecule has 0 spiro atoms. The van der Waals surface area contributed by atoms with Crippen molar-refractivity contribution in [2.45, 2.75) is 6.42 Å². The number of ether oxygens (including phenoxy) is 1. The molecule has 0 aliphatic rings. The first kappa shape index (κ1) is 18.3. The molecule has 0 fully saturated rings. The molecule has 9 nitrogen and oxygen atoms in total. The number of hydrogen-bond donors (Lipinski definition) is 2. The summed E-state index contributed by atoms with van der Waals surface area (Å²) >= 11 is 1.11. The summed E-state index contributed by atoms with van der Waals surface area (Å²) in [6, 6.07) is 10.1. The maximum absolute atomic E-state index is 12.2. The Labute approximate surface area is 158 Å². The Balaban J connectivity index is 1.51. The standard InChI is InChI=1S/C17H15N5O4S/c1-25-12-6-4-11(5-7-12)16(24)19-17-22-21-15(27-17)9-14(23)20-18-10-13-3-2-8-26-13/h2-8,10H,9H2,1H3,(H,20,23)(H,19,22,24)/b18-10-. The molecule has 0 radical (unpaired) electrons. The minimum absolute atomic E-state index is 0.00837. The van der Waals surface area contributed by atoms with E-state index >= 15 is 0 Å². The van der Waals surface area contributed by atoms with E-state index in [1.54, 1.807) is 43.5 Å². The number of hydrogen-bond acceptors (Lipinski definition) is 8. The molecule has 2 amide bonds. The lowest BCUT2D eigenvalue weighted by molar-refractivity contribution is -0.120. The normalized spacial score (nSPS) is 10.7. The van der Waals surface area contributed by atoms with E-state index < -0.39 is 0 Å². The van der Waals surface area contributed by atoms with Crippen LogP contribution in [0.2, 0.25) is 0 Å². The van der Waals surface area contributed by atoms with Gasteiger partial charge in [0.25, 0.3) is 5.91 Å². The van der Waals surface area contributed by atoms with Crippen molar-refractivity contribution in [3.05, 3.63) is 59.0 Å². The van der Waals surface area contributed by atoms with E-state index in [0.29, 0.717) is 27.2 Å². The van der Waals surface area contributed by atoms with Gasteiger partial charge in [-0.05, 0) is 36.4 Å². The highest BCUT2D eigenvalue weighted by atomic mass is 32.1. The third-order valence-electron chi connectivity index (χ3n) is 3.28. The first-order valence-corrected chi connectivity index (χ1v) is 8.59. The zero-order valence-electron chi connectivity index (χ0n) is 14.2. The van der Waals surface area contributed by atoms with Crippen LogP contribution in [-0.4, -0.2) is 35.3 Å². The minimum atomic E-state index is -0.359. The van der Waals surface area contributed by atoms with Gasteiger partial charge in [0.15, 0.2) is 0 Å². The van der Waals surface area contributed by atoms with Gasteiger partial charge < -0.3 is 9.15 Å². The second-order valence-corrected chi connectivity index (χ2v) is 6.23. The second kappa shape index (κ2) is 8.72. The molecule has 0 saturated carbocycles. The molecule has 2 N–H and O–H groups in total. The van der Waals surface area contributed by atoms with Crippen molar-refractivity contribution in [3.63, 3.8) is 0 Å². The zero-order chi connectivity index (χ0) is 19.1. The summed E-state index contributed by atoms with van der Waals surface area (Å²) < 4.78 is 10.1. The van der Waals surface area contributed by atoms with Crippen molar-refractivity contribution < 1.29 is 18.7 Å². The van der Waals surface area contributed by atoms with Gasteiger partial charge in [0.2, 0.25) is 11.0 Å². The van der Waals surface area contributed by atoms with Gasteiger partial charge in [0, 0.05) is 5.56 Å². The average molecular weight is 385 g/mol. The summed E-state index contributed by atoms with van der Waals surface area (Å²) in [6.45, 7) is 0. The Bertz CT molecular complexity index is 935. The SMILES string of the molecule is COc1ccc(C(=O)Nc2nnc(CC(=O)N/N=C\c3ccco3)s2)cc1. The number of hydrazone groups is 1. The lowest BCUT2D eigenvalue weighted by Crippen LogP contribution is -2.19. The van der Waals surface area contributed by atoms with E-state index in [0.717, 1.165) is 11.3 Å². The molecule has 0 bridgehead atoms. The van der Waals surface area contributed by atoms with Crippen LogP contribution in [0, 0.1) is 0 Å². The fourth-order valence-corrected chi connectivity index (χ4v) is 2.73. The Kier molecular flexibility index (Phi) is 5.90. The number of amides is 2.